The molecule has 8 heteroatoms. The van der Waals surface area contributed by atoms with Crippen LogP contribution in [0.25, 0.3) is 11.1 Å². The van der Waals surface area contributed by atoms with Gasteiger partial charge in [-0.15, -0.1) is 0 Å². The predicted octanol–water partition coefficient (Wildman–Crippen LogP) is 6.85. The molecule has 1 saturated heterocycles. The number of rotatable bonds is 10. The largest absolute Gasteiger partial charge is 0.392 e. The summed E-state index contributed by atoms with van der Waals surface area (Å²) in [4.78, 5) is 16.9. The van der Waals surface area contributed by atoms with Gasteiger partial charge in [0.2, 0.25) is 0 Å². The number of aryl methyl sites for hydroxylation is 1. The van der Waals surface area contributed by atoms with Crippen molar-refractivity contribution in [3.05, 3.63) is 143 Å². The normalized spacial score (nSPS) is 18.2. The van der Waals surface area contributed by atoms with Crippen LogP contribution in [0.5, 0.6) is 0 Å². The van der Waals surface area contributed by atoms with E-state index in [4.69, 9.17) is 9.47 Å². The van der Waals surface area contributed by atoms with E-state index in [0.717, 1.165) is 50.7 Å². The van der Waals surface area contributed by atoms with E-state index in [-0.39, 0.29) is 24.7 Å². The molecule has 0 unspecified atom stereocenters. The number of aromatic nitrogens is 2. The Hall–Kier alpha value is -4.21. The second-order valence-electron chi connectivity index (χ2n) is 10.9. The van der Waals surface area contributed by atoms with Crippen LogP contribution in [0.3, 0.4) is 0 Å². The quantitative estimate of drug-likeness (QED) is 0.170. The molecule has 0 aliphatic carbocycles. The average molecular weight is 606 g/mol. The molecule has 2 N–H and O–H groups in total. The van der Waals surface area contributed by atoms with Gasteiger partial charge in [0.15, 0.2) is 11.4 Å². The number of amides is 1. The van der Waals surface area contributed by atoms with Crippen LogP contribution in [0.1, 0.15) is 51.4 Å². The molecule has 0 bridgehead atoms. The molecular formula is C36H35N3O4S. The molecule has 44 heavy (non-hydrogen) atoms. The number of hydrogen-bond acceptors (Lipinski definition) is 6. The zero-order valence-electron chi connectivity index (χ0n) is 24.5. The standard InChI is InChI=1S/C36H35N3O4S/c1-39-19-18-37-36(39)44-24-32-21-33(28-12-10-25(23-40)11-13-28)43-35(42-32)30-16-14-27(15-17-30)31-9-5-6-26(20-31)22-38-34(41)29-7-3-2-4-8-29/h2-20,32-33,35,40H,21-24H2,1H3,(H,38,41)/t32-,33+,35+/m1/s1. The van der Waals surface area contributed by atoms with Crippen LogP contribution in [-0.4, -0.2) is 32.4 Å². The molecule has 0 saturated carbocycles. The van der Waals surface area contributed by atoms with E-state index < -0.39 is 6.29 Å². The van der Waals surface area contributed by atoms with E-state index in [2.05, 4.69) is 46.7 Å². The summed E-state index contributed by atoms with van der Waals surface area (Å²) in [5.74, 6) is 0.661. The maximum absolute atomic E-state index is 12.5. The van der Waals surface area contributed by atoms with Crippen molar-refractivity contribution in [1.29, 1.82) is 0 Å². The van der Waals surface area contributed by atoms with Crippen LogP contribution >= 0.6 is 11.8 Å². The molecule has 0 radical (unpaired) electrons. The third-order valence-corrected chi connectivity index (χ3v) is 8.91. The minimum atomic E-state index is -0.521. The van der Waals surface area contributed by atoms with Crippen LogP contribution < -0.4 is 5.32 Å². The van der Waals surface area contributed by atoms with Gasteiger partial charge in [0.1, 0.15) is 0 Å². The van der Waals surface area contributed by atoms with Crippen LogP contribution in [0, 0.1) is 0 Å². The Morgan fingerprint density at radius 3 is 2.41 bits per heavy atom. The molecule has 1 aromatic heterocycles. The minimum absolute atomic E-state index is 0.0120. The van der Waals surface area contributed by atoms with Gasteiger partial charge in [-0.1, -0.05) is 96.7 Å². The SMILES string of the molecule is Cn1ccnc1SC[C@H]1C[C@@H](c2ccc(CO)cc2)O[C@@H](c2ccc(-c3cccc(CNC(=O)c4ccccc4)c3)cc2)O1. The van der Waals surface area contributed by atoms with Gasteiger partial charge < -0.3 is 24.5 Å². The fourth-order valence-electron chi connectivity index (χ4n) is 5.25. The Labute approximate surface area is 261 Å². The van der Waals surface area contributed by atoms with E-state index in [9.17, 15) is 9.90 Å². The highest BCUT2D eigenvalue weighted by molar-refractivity contribution is 7.99. The predicted molar refractivity (Wildman–Crippen MR) is 172 cm³/mol. The van der Waals surface area contributed by atoms with Crippen molar-refractivity contribution in [2.75, 3.05) is 5.75 Å². The van der Waals surface area contributed by atoms with Crippen LogP contribution in [0.2, 0.25) is 0 Å². The van der Waals surface area contributed by atoms with Gasteiger partial charge >= 0.3 is 0 Å². The number of aliphatic hydroxyl groups excluding tert-OH is 1. The van der Waals surface area contributed by atoms with Gasteiger partial charge in [-0.05, 0) is 46.0 Å². The number of benzene rings is 4. The van der Waals surface area contributed by atoms with Crippen LogP contribution in [0.15, 0.2) is 121 Å². The lowest BCUT2D eigenvalue weighted by Gasteiger charge is -2.36. The number of nitrogens with one attached hydrogen (secondary N) is 1. The lowest BCUT2D eigenvalue weighted by Crippen LogP contribution is -2.31. The fraction of sp³-hybridized carbons (Fsp3) is 0.222. The van der Waals surface area contributed by atoms with E-state index >= 15 is 0 Å². The number of ether oxygens (including phenoxy) is 2. The Kier molecular flexibility index (Phi) is 9.53. The Balaban J connectivity index is 1.16. The van der Waals surface area contributed by atoms with E-state index in [1.54, 1.807) is 18.0 Å². The first-order chi connectivity index (χ1) is 21.6. The summed E-state index contributed by atoms with van der Waals surface area (Å²) in [6.07, 6.45) is 3.76. The molecule has 2 heterocycles. The molecule has 1 aliphatic rings. The van der Waals surface area contributed by atoms with Gasteiger partial charge in [0.25, 0.3) is 5.91 Å². The number of carbonyl (C=O) groups is 1. The van der Waals surface area contributed by atoms with Crippen molar-refractivity contribution >= 4 is 17.7 Å². The number of aliphatic hydroxyl groups is 1. The first-order valence-electron chi connectivity index (χ1n) is 14.7. The topological polar surface area (TPSA) is 85.6 Å². The molecule has 7 nitrogen and oxygen atoms in total. The number of nitrogens with zero attached hydrogens (tertiary/aromatic N) is 2. The molecule has 224 valence electrons. The highest BCUT2D eigenvalue weighted by atomic mass is 32.2. The number of carbonyl (C=O) groups excluding carboxylic acids is 1. The van der Waals surface area contributed by atoms with Crippen LogP contribution in [0.4, 0.5) is 0 Å². The maximum Gasteiger partial charge on any atom is 0.251 e. The molecule has 6 rings (SSSR count). The number of hydrogen-bond donors (Lipinski definition) is 2. The second-order valence-corrected chi connectivity index (χ2v) is 11.8. The van der Waals surface area contributed by atoms with E-state index in [0.29, 0.717) is 12.1 Å². The van der Waals surface area contributed by atoms with Crippen LogP contribution in [-0.2, 0) is 29.7 Å². The Bertz CT molecular complexity index is 1670. The minimum Gasteiger partial charge on any atom is -0.392 e. The van der Waals surface area contributed by atoms with Crippen molar-refractivity contribution < 1.29 is 19.4 Å². The molecule has 0 spiro atoms. The molecular weight excluding hydrogens is 570 g/mol. The summed E-state index contributed by atoms with van der Waals surface area (Å²) in [6, 6.07) is 33.7. The first-order valence-corrected chi connectivity index (χ1v) is 15.7. The zero-order valence-corrected chi connectivity index (χ0v) is 25.3. The highest BCUT2D eigenvalue weighted by Gasteiger charge is 2.32. The smallest absolute Gasteiger partial charge is 0.251 e. The van der Waals surface area contributed by atoms with E-state index in [1.165, 1.54) is 0 Å². The fourth-order valence-corrected chi connectivity index (χ4v) is 6.20. The molecule has 1 amide bonds. The van der Waals surface area contributed by atoms with Crippen molar-refractivity contribution in [2.45, 2.75) is 43.2 Å². The van der Waals surface area contributed by atoms with Gasteiger partial charge in [-0.25, -0.2) is 4.98 Å². The van der Waals surface area contributed by atoms with Gasteiger partial charge in [-0.2, -0.15) is 0 Å². The molecule has 3 atom stereocenters. The second kappa shape index (κ2) is 14.1. The van der Waals surface area contributed by atoms with Gasteiger partial charge in [0.05, 0.1) is 18.8 Å². The van der Waals surface area contributed by atoms with Gasteiger partial charge in [-0.3, -0.25) is 4.79 Å². The lowest BCUT2D eigenvalue weighted by molar-refractivity contribution is -0.245. The number of thioether (sulfide) groups is 1. The summed E-state index contributed by atoms with van der Waals surface area (Å²) in [6.45, 7) is 0.458. The summed E-state index contributed by atoms with van der Waals surface area (Å²) in [5, 5.41) is 13.4. The van der Waals surface area contributed by atoms with Crippen molar-refractivity contribution in [2.24, 2.45) is 7.05 Å². The highest BCUT2D eigenvalue weighted by Crippen LogP contribution is 2.39. The zero-order chi connectivity index (χ0) is 30.3. The maximum atomic E-state index is 12.5. The summed E-state index contributed by atoms with van der Waals surface area (Å²) in [7, 11) is 1.99. The summed E-state index contributed by atoms with van der Waals surface area (Å²) in [5.41, 5.74) is 6.70. The van der Waals surface area contributed by atoms with Crippen molar-refractivity contribution in [3.63, 3.8) is 0 Å². The van der Waals surface area contributed by atoms with Gasteiger partial charge in [0, 0.05) is 49.3 Å². The molecule has 1 aliphatic heterocycles. The Morgan fingerprint density at radius 2 is 1.68 bits per heavy atom. The third-order valence-electron chi connectivity index (χ3n) is 7.72. The van der Waals surface area contributed by atoms with Crippen molar-refractivity contribution in [3.8, 4) is 11.1 Å². The molecule has 4 aromatic carbocycles. The third kappa shape index (κ3) is 7.29. The molecule has 1 fully saturated rings. The monoisotopic (exact) mass is 605 g/mol. The van der Waals surface area contributed by atoms with Crippen molar-refractivity contribution in [1.82, 2.24) is 14.9 Å². The Morgan fingerprint density at radius 1 is 0.909 bits per heavy atom. The lowest BCUT2D eigenvalue weighted by atomic mass is 9.99. The molecule has 5 aromatic rings. The first kappa shape index (κ1) is 29.8. The summed E-state index contributed by atoms with van der Waals surface area (Å²) >= 11 is 1.68. The summed E-state index contributed by atoms with van der Waals surface area (Å²) < 4.78 is 15.0. The average Bonchev–Trinajstić information content (AvgIpc) is 3.51. The van der Waals surface area contributed by atoms with E-state index in [1.807, 2.05) is 84.5 Å². The number of imidazole rings is 1.